The van der Waals surface area contributed by atoms with Crippen molar-refractivity contribution >= 4 is 15.8 Å². The second-order valence-corrected chi connectivity index (χ2v) is 6.44. The van der Waals surface area contributed by atoms with E-state index in [0.717, 1.165) is 5.56 Å². The van der Waals surface area contributed by atoms with Crippen molar-refractivity contribution in [3.8, 4) is 0 Å². The molecule has 4 N–H and O–H groups in total. The number of nitrogens with one attached hydrogen (secondary N) is 2. The topological polar surface area (TPSA) is 101 Å². The molecule has 0 aliphatic heterocycles. The number of aromatic nitrogens is 2. The number of H-pyrrole nitrogens is 1. The van der Waals surface area contributed by atoms with Gasteiger partial charge in [-0.15, -0.1) is 0 Å². The zero-order valence-electron chi connectivity index (χ0n) is 11.2. The molecule has 1 aromatic heterocycles. The van der Waals surface area contributed by atoms with Gasteiger partial charge in [-0.3, -0.25) is 9.82 Å². The predicted molar refractivity (Wildman–Crippen MR) is 78.7 cm³/mol. The van der Waals surface area contributed by atoms with E-state index >= 15 is 0 Å². The number of aromatic amines is 1. The molecule has 0 amide bonds. The van der Waals surface area contributed by atoms with Crippen molar-refractivity contribution in [2.24, 2.45) is 5.73 Å². The molecule has 0 radical (unpaired) electrons. The first kappa shape index (κ1) is 14.5. The van der Waals surface area contributed by atoms with E-state index in [-0.39, 0.29) is 18.2 Å². The summed E-state index contributed by atoms with van der Waals surface area (Å²) in [6.45, 7) is 2.11. The van der Waals surface area contributed by atoms with Crippen LogP contribution in [-0.2, 0) is 16.6 Å². The third kappa shape index (κ3) is 3.58. The summed E-state index contributed by atoms with van der Waals surface area (Å²) in [7, 11) is -3.46. The van der Waals surface area contributed by atoms with Gasteiger partial charge in [0.15, 0.2) is 0 Å². The summed E-state index contributed by atoms with van der Waals surface area (Å²) >= 11 is 0. The second kappa shape index (κ2) is 6.06. The molecule has 1 aromatic carbocycles. The van der Waals surface area contributed by atoms with Gasteiger partial charge in [-0.1, -0.05) is 37.3 Å². The van der Waals surface area contributed by atoms with Gasteiger partial charge in [0, 0.05) is 12.1 Å². The molecule has 0 aliphatic carbocycles. The fourth-order valence-corrected chi connectivity index (χ4v) is 3.38. The number of anilines is 1. The molecule has 2 aromatic rings. The maximum Gasteiger partial charge on any atom is 0.234 e. The van der Waals surface area contributed by atoms with Crippen LogP contribution in [0.5, 0.6) is 0 Å². The van der Waals surface area contributed by atoms with Crippen LogP contribution in [0.15, 0.2) is 36.5 Å². The smallest absolute Gasteiger partial charge is 0.234 e. The number of nitrogens with zero attached hydrogens (tertiary/aromatic N) is 1. The molecule has 0 saturated carbocycles. The van der Waals surface area contributed by atoms with Gasteiger partial charge in [-0.2, -0.15) is 5.10 Å². The summed E-state index contributed by atoms with van der Waals surface area (Å²) in [5.41, 5.74) is 7.14. The number of nitrogens with two attached hydrogens (primary N) is 1. The van der Waals surface area contributed by atoms with Gasteiger partial charge in [-0.05, 0) is 11.5 Å². The van der Waals surface area contributed by atoms with E-state index in [2.05, 4.69) is 14.9 Å². The summed E-state index contributed by atoms with van der Waals surface area (Å²) in [5.74, 6) is 0.241. The Labute approximate surface area is 118 Å². The minimum Gasteiger partial charge on any atom is -0.326 e. The second-order valence-electron chi connectivity index (χ2n) is 4.67. The molecule has 20 heavy (non-hydrogen) atoms. The van der Waals surface area contributed by atoms with Crippen molar-refractivity contribution in [3.63, 3.8) is 0 Å². The largest absolute Gasteiger partial charge is 0.326 e. The molecule has 0 fully saturated rings. The SMILES string of the molecule is CC(CS(=O)(=O)Nc1[nH]ncc1CN)c1ccccc1. The van der Waals surface area contributed by atoms with Crippen molar-refractivity contribution in [1.29, 1.82) is 0 Å². The lowest BCUT2D eigenvalue weighted by atomic mass is 10.0. The van der Waals surface area contributed by atoms with Gasteiger partial charge in [0.1, 0.15) is 5.82 Å². The molecule has 2 rings (SSSR count). The molecule has 0 saturated heterocycles. The Bertz CT molecular complexity index is 652. The molecular formula is C13H18N4O2S. The van der Waals surface area contributed by atoms with Crippen LogP contribution in [0.2, 0.25) is 0 Å². The average Bonchev–Trinajstić information content (AvgIpc) is 2.85. The Balaban J connectivity index is 2.08. The Morgan fingerprint density at radius 2 is 2.05 bits per heavy atom. The van der Waals surface area contributed by atoms with E-state index in [9.17, 15) is 8.42 Å². The molecule has 0 aliphatic rings. The monoisotopic (exact) mass is 294 g/mol. The molecule has 108 valence electrons. The van der Waals surface area contributed by atoms with E-state index in [1.54, 1.807) is 0 Å². The van der Waals surface area contributed by atoms with Gasteiger partial charge in [-0.25, -0.2) is 8.42 Å². The normalized spacial score (nSPS) is 13.1. The summed E-state index contributed by atoms with van der Waals surface area (Å²) in [6, 6.07) is 9.53. The molecule has 6 nitrogen and oxygen atoms in total. The first-order valence-corrected chi connectivity index (χ1v) is 7.95. The van der Waals surface area contributed by atoms with Crippen LogP contribution in [0.4, 0.5) is 5.82 Å². The van der Waals surface area contributed by atoms with Gasteiger partial charge in [0.25, 0.3) is 0 Å². The number of benzene rings is 1. The van der Waals surface area contributed by atoms with Crippen molar-refractivity contribution in [3.05, 3.63) is 47.7 Å². The summed E-state index contributed by atoms with van der Waals surface area (Å²) in [5, 5.41) is 6.39. The minimum absolute atomic E-state index is 0.0000444. The van der Waals surface area contributed by atoms with Crippen molar-refractivity contribution in [2.75, 3.05) is 10.5 Å². The lowest BCUT2D eigenvalue weighted by molar-refractivity contribution is 0.595. The Morgan fingerprint density at radius 1 is 1.35 bits per heavy atom. The first-order chi connectivity index (χ1) is 9.52. The molecule has 0 spiro atoms. The Kier molecular flexibility index (Phi) is 4.41. The highest BCUT2D eigenvalue weighted by Gasteiger charge is 2.18. The number of sulfonamides is 1. The number of rotatable bonds is 6. The highest BCUT2D eigenvalue weighted by molar-refractivity contribution is 7.92. The number of hydrogen-bond donors (Lipinski definition) is 3. The van der Waals surface area contributed by atoms with E-state index in [0.29, 0.717) is 11.4 Å². The lowest BCUT2D eigenvalue weighted by Gasteiger charge is -2.13. The zero-order chi connectivity index (χ0) is 14.6. The molecule has 7 heteroatoms. The van der Waals surface area contributed by atoms with Crippen molar-refractivity contribution in [2.45, 2.75) is 19.4 Å². The van der Waals surface area contributed by atoms with Crippen LogP contribution in [0.1, 0.15) is 24.0 Å². The van der Waals surface area contributed by atoms with Gasteiger partial charge >= 0.3 is 0 Å². The third-order valence-corrected chi connectivity index (χ3v) is 4.49. The Morgan fingerprint density at radius 3 is 2.70 bits per heavy atom. The van der Waals surface area contributed by atoms with Crippen LogP contribution >= 0.6 is 0 Å². The minimum atomic E-state index is -3.46. The molecule has 1 unspecified atom stereocenters. The van der Waals surface area contributed by atoms with Crippen LogP contribution in [0, 0.1) is 0 Å². The highest BCUT2D eigenvalue weighted by atomic mass is 32.2. The van der Waals surface area contributed by atoms with Crippen LogP contribution in [0.3, 0.4) is 0 Å². The molecule has 0 bridgehead atoms. The first-order valence-electron chi connectivity index (χ1n) is 6.29. The van der Waals surface area contributed by atoms with E-state index < -0.39 is 10.0 Å². The lowest BCUT2D eigenvalue weighted by Crippen LogP contribution is -2.21. The molecule has 1 heterocycles. The van der Waals surface area contributed by atoms with Gasteiger partial charge in [0.2, 0.25) is 10.0 Å². The summed E-state index contributed by atoms with van der Waals surface area (Å²) in [6.07, 6.45) is 1.51. The summed E-state index contributed by atoms with van der Waals surface area (Å²) in [4.78, 5) is 0. The van der Waals surface area contributed by atoms with Crippen LogP contribution < -0.4 is 10.5 Å². The Hall–Kier alpha value is -1.86. The molecule has 1 atom stereocenters. The average molecular weight is 294 g/mol. The van der Waals surface area contributed by atoms with Crippen molar-refractivity contribution < 1.29 is 8.42 Å². The fourth-order valence-electron chi connectivity index (χ4n) is 1.96. The standard InChI is InChI=1S/C13H18N4O2S/c1-10(11-5-3-2-4-6-11)9-20(18,19)17-13-12(7-14)8-15-16-13/h2-6,8,10H,7,9,14H2,1H3,(H2,15,16,17). The number of hydrogen-bond acceptors (Lipinski definition) is 4. The van der Waals surface area contributed by atoms with Gasteiger partial charge in [0.05, 0.1) is 11.9 Å². The van der Waals surface area contributed by atoms with E-state index in [1.807, 2.05) is 37.3 Å². The fraction of sp³-hybridized carbons (Fsp3) is 0.308. The van der Waals surface area contributed by atoms with Crippen LogP contribution in [-0.4, -0.2) is 24.4 Å². The summed E-state index contributed by atoms with van der Waals surface area (Å²) < 4.78 is 26.8. The predicted octanol–water partition coefficient (Wildman–Crippen LogP) is 1.41. The quantitative estimate of drug-likeness (QED) is 0.750. The molecular weight excluding hydrogens is 276 g/mol. The van der Waals surface area contributed by atoms with E-state index in [4.69, 9.17) is 5.73 Å². The van der Waals surface area contributed by atoms with E-state index in [1.165, 1.54) is 6.20 Å². The maximum atomic E-state index is 12.2. The zero-order valence-corrected chi connectivity index (χ0v) is 12.0. The highest BCUT2D eigenvalue weighted by Crippen LogP contribution is 2.19. The van der Waals surface area contributed by atoms with Gasteiger partial charge < -0.3 is 5.73 Å². The maximum absolute atomic E-state index is 12.2. The third-order valence-electron chi connectivity index (χ3n) is 3.03. The van der Waals surface area contributed by atoms with Crippen molar-refractivity contribution in [1.82, 2.24) is 10.2 Å². The van der Waals surface area contributed by atoms with Crippen LogP contribution in [0.25, 0.3) is 0 Å².